The molecule has 0 aliphatic carbocycles. The lowest BCUT2D eigenvalue weighted by Crippen LogP contribution is -2.30. The second-order valence-corrected chi connectivity index (χ2v) is 16.3. The second-order valence-electron chi connectivity index (χ2n) is 16.3. The number of hydrogen-bond acceptors (Lipinski definition) is 6. The summed E-state index contributed by atoms with van der Waals surface area (Å²) in [6.45, 7) is 6.47. The summed E-state index contributed by atoms with van der Waals surface area (Å²) in [5.41, 5.74) is 0. The fourth-order valence-electron chi connectivity index (χ4n) is 6.85. The van der Waals surface area contributed by atoms with E-state index in [0.29, 0.717) is 19.3 Å². The van der Waals surface area contributed by atoms with Crippen molar-refractivity contribution in [2.24, 2.45) is 0 Å². The van der Waals surface area contributed by atoms with E-state index in [-0.39, 0.29) is 31.1 Å². The van der Waals surface area contributed by atoms with Crippen molar-refractivity contribution < 1.29 is 28.6 Å². The van der Waals surface area contributed by atoms with Gasteiger partial charge in [0.2, 0.25) is 0 Å². The van der Waals surface area contributed by atoms with Crippen LogP contribution in [0.25, 0.3) is 0 Å². The third-order valence-electron chi connectivity index (χ3n) is 10.6. The van der Waals surface area contributed by atoms with Crippen molar-refractivity contribution in [3.8, 4) is 0 Å². The molecule has 0 fully saturated rings. The third kappa shape index (κ3) is 44.5. The molecular formula is C52H92O6. The first kappa shape index (κ1) is 55.4. The van der Waals surface area contributed by atoms with Gasteiger partial charge >= 0.3 is 17.9 Å². The maximum atomic E-state index is 12.8. The summed E-state index contributed by atoms with van der Waals surface area (Å²) in [4.78, 5) is 37.8. The zero-order valence-corrected chi connectivity index (χ0v) is 38.3. The quantitative estimate of drug-likeness (QED) is 0.0264. The van der Waals surface area contributed by atoms with E-state index in [1.807, 2.05) is 0 Å². The Morgan fingerprint density at radius 2 is 0.690 bits per heavy atom. The molecule has 0 aliphatic rings. The molecule has 0 aliphatic heterocycles. The second kappa shape index (κ2) is 47.1. The standard InChI is InChI=1S/C52H92O6/c1-4-7-10-13-16-19-22-24-25-26-28-30-33-36-39-42-45-51(54)57-48-49(47-56-50(53)44-41-38-35-32-29-21-18-15-12-9-6-3)58-52(55)46-43-40-37-34-31-27-23-20-17-14-11-8-5-2/h7,10,15-16,18-19,24-25,49H,4-6,8-9,11-14,17,20-23,26-48H2,1-3H3/b10-7-,18-15-,19-16-,25-24-. The lowest BCUT2D eigenvalue weighted by atomic mass is 10.0. The number of ether oxygens (including phenoxy) is 3. The molecule has 0 heterocycles. The van der Waals surface area contributed by atoms with Gasteiger partial charge in [0.15, 0.2) is 6.10 Å². The Hall–Kier alpha value is -2.63. The van der Waals surface area contributed by atoms with E-state index >= 15 is 0 Å². The van der Waals surface area contributed by atoms with Gasteiger partial charge in [0.05, 0.1) is 0 Å². The summed E-state index contributed by atoms with van der Waals surface area (Å²) in [6, 6.07) is 0. The van der Waals surface area contributed by atoms with Crippen LogP contribution in [0.15, 0.2) is 48.6 Å². The Labute approximate surface area is 358 Å². The van der Waals surface area contributed by atoms with Gasteiger partial charge in [0, 0.05) is 19.3 Å². The first-order valence-corrected chi connectivity index (χ1v) is 24.6. The number of hydrogen-bond donors (Lipinski definition) is 0. The Morgan fingerprint density at radius 3 is 1.12 bits per heavy atom. The Balaban J connectivity index is 4.37. The fourth-order valence-corrected chi connectivity index (χ4v) is 6.85. The van der Waals surface area contributed by atoms with Crippen molar-refractivity contribution in [2.75, 3.05) is 13.2 Å². The summed E-state index contributed by atoms with van der Waals surface area (Å²) < 4.78 is 16.7. The maximum Gasteiger partial charge on any atom is 0.306 e. The molecule has 336 valence electrons. The molecule has 0 radical (unpaired) electrons. The largest absolute Gasteiger partial charge is 0.462 e. The van der Waals surface area contributed by atoms with E-state index < -0.39 is 6.10 Å². The molecule has 0 saturated heterocycles. The first-order chi connectivity index (χ1) is 28.5. The van der Waals surface area contributed by atoms with Gasteiger partial charge in [-0.2, -0.15) is 0 Å². The van der Waals surface area contributed by atoms with E-state index in [9.17, 15) is 14.4 Å². The number of rotatable bonds is 44. The minimum atomic E-state index is -0.777. The predicted octanol–water partition coefficient (Wildman–Crippen LogP) is 15.9. The van der Waals surface area contributed by atoms with E-state index in [1.165, 1.54) is 116 Å². The Morgan fingerprint density at radius 1 is 0.362 bits per heavy atom. The van der Waals surface area contributed by atoms with Gasteiger partial charge in [-0.3, -0.25) is 14.4 Å². The summed E-state index contributed by atoms with van der Waals surface area (Å²) in [5.74, 6) is -0.897. The summed E-state index contributed by atoms with van der Waals surface area (Å²) in [5, 5.41) is 0. The molecule has 6 heteroatoms. The highest BCUT2D eigenvalue weighted by Crippen LogP contribution is 2.15. The van der Waals surface area contributed by atoms with Gasteiger partial charge in [-0.1, -0.05) is 204 Å². The minimum Gasteiger partial charge on any atom is -0.462 e. The van der Waals surface area contributed by atoms with Crippen LogP contribution in [0, 0.1) is 0 Å². The average molecular weight is 813 g/mol. The number of carbonyl (C=O) groups excluding carboxylic acids is 3. The van der Waals surface area contributed by atoms with Gasteiger partial charge in [-0.05, 0) is 70.6 Å². The highest BCUT2D eigenvalue weighted by molar-refractivity contribution is 5.71. The van der Waals surface area contributed by atoms with Crippen LogP contribution in [0.4, 0.5) is 0 Å². The van der Waals surface area contributed by atoms with E-state index in [2.05, 4.69) is 69.4 Å². The Kier molecular flexibility index (Phi) is 44.9. The molecule has 1 atom stereocenters. The third-order valence-corrected chi connectivity index (χ3v) is 10.6. The molecule has 0 saturated carbocycles. The van der Waals surface area contributed by atoms with Crippen molar-refractivity contribution >= 4 is 17.9 Å². The van der Waals surface area contributed by atoms with Gasteiger partial charge in [0.1, 0.15) is 13.2 Å². The molecule has 0 aromatic rings. The van der Waals surface area contributed by atoms with Gasteiger partial charge in [-0.25, -0.2) is 0 Å². The number of carbonyl (C=O) groups is 3. The van der Waals surface area contributed by atoms with Crippen molar-refractivity contribution in [1.29, 1.82) is 0 Å². The molecular weight excluding hydrogens is 721 g/mol. The van der Waals surface area contributed by atoms with Gasteiger partial charge < -0.3 is 14.2 Å². The molecule has 0 rings (SSSR count). The zero-order chi connectivity index (χ0) is 42.3. The first-order valence-electron chi connectivity index (χ1n) is 24.6. The highest BCUT2D eigenvalue weighted by atomic mass is 16.6. The van der Waals surface area contributed by atoms with E-state index in [4.69, 9.17) is 14.2 Å². The lowest BCUT2D eigenvalue weighted by Gasteiger charge is -2.18. The van der Waals surface area contributed by atoms with Crippen LogP contribution in [0.5, 0.6) is 0 Å². The molecule has 0 N–H and O–H groups in total. The topological polar surface area (TPSA) is 78.9 Å². The molecule has 0 bridgehead atoms. The Bertz CT molecular complexity index is 1030. The molecule has 1 unspecified atom stereocenters. The molecule has 58 heavy (non-hydrogen) atoms. The van der Waals surface area contributed by atoms with Crippen LogP contribution in [0.3, 0.4) is 0 Å². The van der Waals surface area contributed by atoms with Gasteiger partial charge in [-0.15, -0.1) is 0 Å². The normalized spacial score (nSPS) is 12.4. The van der Waals surface area contributed by atoms with Crippen molar-refractivity contribution in [3.05, 3.63) is 48.6 Å². The number of allylic oxidation sites excluding steroid dienone is 8. The maximum absolute atomic E-state index is 12.8. The summed E-state index contributed by atoms with van der Waals surface area (Å²) in [7, 11) is 0. The molecule has 0 aromatic carbocycles. The van der Waals surface area contributed by atoms with Crippen LogP contribution in [-0.4, -0.2) is 37.2 Å². The van der Waals surface area contributed by atoms with Crippen LogP contribution >= 0.6 is 0 Å². The molecule has 0 aromatic heterocycles. The van der Waals surface area contributed by atoms with Gasteiger partial charge in [0.25, 0.3) is 0 Å². The molecule has 0 amide bonds. The SMILES string of the molecule is CC/C=C\C/C=C\C/C=C\CCCCCCCCC(=O)OCC(COC(=O)CCCCCCC/C=C\CCCC)OC(=O)CCCCCCCCCCCCCCC. The summed E-state index contributed by atoms with van der Waals surface area (Å²) in [6.07, 6.45) is 55.2. The van der Waals surface area contributed by atoms with Crippen LogP contribution < -0.4 is 0 Å². The van der Waals surface area contributed by atoms with E-state index in [0.717, 1.165) is 89.9 Å². The van der Waals surface area contributed by atoms with E-state index in [1.54, 1.807) is 0 Å². The van der Waals surface area contributed by atoms with Crippen molar-refractivity contribution in [2.45, 2.75) is 252 Å². The van der Waals surface area contributed by atoms with Crippen molar-refractivity contribution in [3.63, 3.8) is 0 Å². The van der Waals surface area contributed by atoms with Crippen LogP contribution in [-0.2, 0) is 28.6 Å². The average Bonchev–Trinajstić information content (AvgIpc) is 3.22. The predicted molar refractivity (Wildman–Crippen MR) is 247 cm³/mol. The number of esters is 3. The van der Waals surface area contributed by atoms with Crippen molar-refractivity contribution in [1.82, 2.24) is 0 Å². The molecule has 6 nitrogen and oxygen atoms in total. The summed E-state index contributed by atoms with van der Waals surface area (Å²) >= 11 is 0. The molecule has 0 spiro atoms. The fraction of sp³-hybridized carbons (Fsp3) is 0.788. The monoisotopic (exact) mass is 813 g/mol. The minimum absolute atomic E-state index is 0.0800. The number of unbranched alkanes of at least 4 members (excludes halogenated alkanes) is 25. The van der Waals surface area contributed by atoms with Crippen LogP contribution in [0.1, 0.15) is 245 Å². The highest BCUT2D eigenvalue weighted by Gasteiger charge is 2.19. The van der Waals surface area contributed by atoms with Crippen LogP contribution in [0.2, 0.25) is 0 Å². The lowest BCUT2D eigenvalue weighted by molar-refractivity contribution is -0.167. The smallest absolute Gasteiger partial charge is 0.306 e. The zero-order valence-electron chi connectivity index (χ0n) is 38.3.